The molecule has 20 heavy (non-hydrogen) atoms. The summed E-state index contributed by atoms with van der Waals surface area (Å²) < 4.78 is 14.2. The Labute approximate surface area is 127 Å². The minimum absolute atomic E-state index is 0.0553. The van der Waals surface area contributed by atoms with E-state index in [4.69, 9.17) is 5.73 Å². The number of anilines is 1. The van der Waals surface area contributed by atoms with E-state index in [0.29, 0.717) is 11.0 Å². The summed E-state index contributed by atoms with van der Waals surface area (Å²) in [5.74, 6) is -0.266. The van der Waals surface area contributed by atoms with Gasteiger partial charge in [0.2, 0.25) is 0 Å². The molecule has 0 saturated carbocycles. The highest BCUT2D eigenvalue weighted by Gasteiger charge is 2.17. The van der Waals surface area contributed by atoms with Gasteiger partial charge in [0, 0.05) is 19.3 Å². The van der Waals surface area contributed by atoms with E-state index < -0.39 is 0 Å². The number of likely N-dealkylation sites (N-methyl/N-ethyl adjacent to an activating group) is 1. The van der Waals surface area contributed by atoms with E-state index in [2.05, 4.69) is 33.0 Å². The molecule has 0 spiro atoms. The number of rotatable bonds is 4. The van der Waals surface area contributed by atoms with Crippen LogP contribution in [0.15, 0.2) is 46.9 Å². The summed E-state index contributed by atoms with van der Waals surface area (Å²) in [6.45, 7) is 2.47. The molecule has 2 aromatic rings. The van der Waals surface area contributed by atoms with Crippen LogP contribution in [0.1, 0.15) is 17.2 Å². The first-order chi connectivity index (χ1) is 9.52. The molecule has 0 fully saturated rings. The largest absolute Gasteiger partial charge is 0.366 e. The van der Waals surface area contributed by atoms with E-state index in [1.165, 1.54) is 11.6 Å². The van der Waals surface area contributed by atoms with Crippen LogP contribution in [0.2, 0.25) is 0 Å². The Morgan fingerprint density at radius 2 is 1.85 bits per heavy atom. The highest BCUT2D eigenvalue weighted by molar-refractivity contribution is 9.10. The first-order valence-corrected chi connectivity index (χ1v) is 7.26. The molecule has 0 heterocycles. The highest BCUT2D eigenvalue weighted by Crippen LogP contribution is 2.27. The van der Waals surface area contributed by atoms with Gasteiger partial charge in [-0.1, -0.05) is 23.8 Å². The van der Waals surface area contributed by atoms with Gasteiger partial charge in [-0.25, -0.2) is 4.39 Å². The third kappa shape index (κ3) is 3.19. The van der Waals surface area contributed by atoms with Crippen LogP contribution >= 0.6 is 15.9 Å². The Kier molecular flexibility index (Phi) is 4.78. The van der Waals surface area contributed by atoms with Crippen LogP contribution in [0.5, 0.6) is 0 Å². The van der Waals surface area contributed by atoms with Crippen molar-refractivity contribution in [1.29, 1.82) is 0 Å². The van der Waals surface area contributed by atoms with Crippen molar-refractivity contribution < 1.29 is 4.39 Å². The van der Waals surface area contributed by atoms with Crippen molar-refractivity contribution in [1.82, 2.24) is 0 Å². The lowest BCUT2D eigenvalue weighted by atomic mass is 10.0. The fourth-order valence-corrected chi connectivity index (χ4v) is 2.44. The normalized spacial score (nSPS) is 12.2. The molecule has 2 aromatic carbocycles. The molecule has 2 rings (SSSR count). The first kappa shape index (κ1) is 15.0. The Morgan fingerprint density at radius 1 is 1.20 bits per heavy atom. The lowest BCUT2D eigenvalue weighted by Gasteiger charge is -2.29. The van der Waals surface area contributed by atoms with Gasteiger partial charge in [0.1, 0.15) is 5.82 Å². The smallest absolute Gasteiger partial charge is 0.137 e. The first-order valence-electron chi connectivity index (χ1n) is 6.47. The molecule has 1 atom stereocenters. The minimum Gasteiger partial charge on any atom is -0.366 e. The van der Waals surface area contributed by atoms with E-state index >= 15 is 0 Å². The fraction of sp³-hybridized carbons (Fsp3) is 0.250. The molecule has 2 nitrogen and oxygen atoms in total. The molecule has 0 aliphatic rings. The molecule has 0 aromatic heterocycles. The number of hydrogen-bond acceptors (Lipinski definition) is 2. The number of aryl methyl sites for hydroxylation is 1. The van der Waals surface area contributed by atoms with E-state index in [0.717, 1.165) is 11.3 Å². The van der Waals surface area contributed by atoms with Gasteiger partial charge in [-0.15, -0.1) is 0 Å². The molecule has 0 saturated heterocycles. The number of benzene rings is 2. The zero-order valence-corrected chi connectivity index (χ0v) is 13.2. The molecule has 1 unspecified atom stereocenters. The van der Waals surface area contributed by atoms with Crippen molar-refractivity contribution in [3.05, 3.63) is 63.9 Å². The lowest BCUT2D eigenvalue weighted by Crippen LogP contribution is -2.30. The maximum absolute atomic E-state index is 13.7. The number of nitrogens with zero attached hydrogens (tertiary/aromatic N) is 1. The molecular weight excluding hydrogens is 319 g/mol. The standard InChI is InChI=1S/C16H18BrFN2/c1-11-3-6-13(7-4-11)20(2)16(10-19)12-5-8-14(17)15(18)9-12/h3-9,16H,10,19H2,1-2H3. The van der Waals surface area contributed by atoms with Crippen LogP contribution < -0.4 is 10.6 Å². The Balaban J connectivity index is 2.31. The van der Waals surface area contributed by atoms with E-state index in [9.17, 15) is 4.39 Å². The molecule has 4 heteroatoms. The van der Waals surface area contributed by atoms with Crippen LogP contribution in [0.3, 0.4) is 0 Å². The van der Waals surface area contributed by atoms with Crippen molar-refractivity contribution in [3.63, 3.8) is 0 Å². The van der Waals surface area contributed by atoms with Crippen LogP contribution in [-0.4, -0.2) is 13.6 Å². The second kappa shape index (κ2) is 6.37. The Bertz CT molecular complexity index is 584. The topological polar surface area (TPSA) is 29.3 Å². The molecule has 0 aliphatic heterocycles. The van der Waals surface area contributed by atoms with Gasteiger partial charge in [-0.05, 0) is 52.7 Å². The molecule has 0 amide bonds. The SMILES string of the molecule is Cc1ccc(N(C)C(CN)c2ccc(Br)c(F)c2)cc1. The molecule has 0 bridgehead atoms. The van der Waals surface area contributed by atoms with Crippen molar-refractivity contribution in [3.8, 4) is 0 Å². The molecule has 0 radical (unpaired) electrons. The van der Waals surface area contributed by atoms with Gasteiger partial charge in [0.05, 0.1) is 10.5 Å². The van der Waals surface area contributed by atoms with Gasteiger partial charge in [0.15, 0.2) is 0 Å². The summed E-state index contributed by atoms with van der Waals surface area (Å²) in [4.78, 5) is 2.07. The summed E-state index contributed by atoms with van der Waals surface area (Å²) in [6, 6.07) is 13.3. The van der Waals surface area contributed by atoms with Gasteiger partial charge in [-0.2, -0.15) is 0 Å². The van der Waals surface area contributed by atoms with Crippen LogP contribution in [0, 0.1) is 12.7 Å². The van der Waals surface area contributed by atoms with Crippen molar-refractivity contribution in [2.75, 3.05) is 18.5 Å². The maximum Gasteiger partial charge on any atom is 0.137 e. The zero-order valence-electron chi connectivity index (χ0n) is 11.6. The van der Waals surface area contributed by atoms with Crippen LogP contribution in [-0.2, 0) is 0 Å². The molecule has 106 valence electrons. The van der Waals surface area contributed by atoms with Crippen LogP contribution in [0.4, 0.5) is 10.1 Å². The second-order valence-electron chi connectivity index (χ2n) is 4.87. The van der Waals surface area contributed by atoms with Crippen molar-refractivity contribution in [2.24, 2.45) is 5.73 Å². The zero-order chi connectivity index (χ0) is 14.7. The van der Waals surface area contributed by atoms with Gasteiger partial charge < -0.3 is 10.6 Å². The highest BCUT2D eigenvalue weighted by atomic mass is 79.9. The average molecular weight is 337 g/mol. The van der Waals surface area contributed by atoms with Crippen molar-refractivity contribution >= 4 is 21.6 Å². The summed E-state index contributed by atoms with van der Waals surface area (Å²) in [6.07, 6.45) is 0. The summed E-state index contributed by atoms with van der Waals surface area (Å²) in [5.41, 5.74) is 9.03. The average Bonchev–Trinajstić information content (AvgIpc) is 2.44. The minimum atomic E-state index is -0.266. The van der Waals surface area contributed by atoms with Crippen molar-refractivity contribution in [2.45, 2.75) is 13.0 Å². The number of nitrogens with two attached hydrogens (primary N) is 1. The Hall–Kier alpha value is -1.39. The maximum atomic E-state index is 13.7. The van der Waals surface area contributed by atoms with E-state index in [1.807, 2.05) is 32.2 Å². The Morgan fingerprint density at radius 3 is 2.40 bits per heavy atom. The predicted octanol–water partition coefficient (Wildman–Crippen LogP) is 4.03. The summed E-state index contributed by atoms with van der Waals surface area (Å²) in [5, 5.41) is 0. The molecule has 2 N–H and O–H groups in total. The van der Waals surface area contributed by atoms with Gasteiger partial charge in [0.25, 0.3) is 0 Å². The van der Waals surface area contributed by atoms with Gasteiger partial charge in [-0.3, -0.25) is 0 Å². The lowest BCUT2D eigenvalue weighted by molar-refractivity contribution is 0.609. The fourth-order valence-electron chi connectivity index (χ4n) is 2.20. The van der Waals surface area contributed by atoms with Gasteiger partial charge >= 0.3 is 0 Å². The summed E-state index contributed by atoms with van der Waals surface area (Å²) in [7, 11) is 1.97. The summed E-state index contributed by atoms with van der Waals surface area (Å²) >= 11 is 3.17. The quantitative estimate of drug-likeness (QED) is 0.913. The number of halogens is 2. The second-order valence-corrected chi connectivity index (χ2v) is 5.73. The van der Waals surface area contributed by atoms with Crippen LogP contribution in [0.25, 0.3) is 0 Å². The monoisotopic (exact) mass is 336 g/mol. The third-order valence-electron chi connectivity index (χ3n) is 3.46. The van der Waals surface area contributed by atoms with E-state index in [-0.39, 0.29) is 11.9 Å². The predicted molar refractivity (Wildman–Crippen MR) is 85.5 cm³/mol. The molecular formula is C16H18BrFN2. The third-order valence-corrected chi connectivity index (χ3v) is 4.10. The number of hydrogen-bond donors (Lipinski definition) is 1. The van der Waals surface area contributed by atoms with E-state index in [1.54, 1.807) is 6.07 Å². The molecule has 0 aliphatic carbocycles.